The molecule has 0 bridgehead atoms. The van der Waals surface area contributed by atoms with Gasteiger partial charge < -0.3 is 40.8 Å². The van der Waals surface area contributed by atoms with Gasteiger partial charge in [0.1, 0.15) is 5.75 Å². The number of fused-ring (bicyclic) bond motifs is 1. The van der Waals surface area contributed by atoms with Crippen molar-refractivity contribution in [2.24, 2.45) is 0 Å². The molecule has 0 saturated carbocycles. The third-order valence-electron chi connectivity index (χ3n) is 6.93. The van der Waals surface area contributed by atoms with Crippen LogP contribution in [0.2, 0.25) is 0 Å². The minimum atomic E-state index is -1.82. The summed E-state index contributed by atoms with van der Waals surface area (Å²) in [6.45, 7) is 10.8. The van der Waals surface area contributed by atoms with Crippen molar-refractivity contribution in [2.45, 2.75) is 72.1 Å². The van der Waals surface area contributed by atoms with Crippen molar-refractivity contribution in [3.8, 4) is 5.75 Å². The minimum absolute atomic E-state index is 0.0296. The summed E-state index contributed by atoms with van der Waals surface area (Å²) in [5.41, 5.74) is 10.1. The molecule has 3 aromatic rings. The normalized spacial score (nSPS) is 10.4. The average Bonchev–Trinajstić information content (AvgIpc) is 3.40. The van der Waals surface area contributed by atoms with Gasteiger partial charge in [-0.15, -0.1) is 0 Å². The number of aryl methyl sites for hydroxylation is 1. The van der Waals surface area contributed by atoms with Crippen LogP contribution in [0, 0.1) is 0 Å². The lowest BCUT2D eigenvalue weighted by Crippen LogP contribution is -2.28. The number of nitrogens with zero attached hydrogens (tertiary/aromatic N) is 1. The van der Waals surface area contributed by atoms with Gasteiger partial charge in [0.15, 0.2) is 5.78 Å². The number of nitrogens with two attached hydrogens (primary N) is 1. The number of ketones is 1. The van der Waals surface area contributed by atoms with Crippen LogP contribution in [0.1, 0.15) is 87.3 Å². The Hall–Kier alpha value is -4.91. The first-order valence-electron chi connectivity index (χ1n) is 15.7. The molecule has 0 radical (unpaired) electrons. The Morgan fingerprint density at radius 3 is 1.72 bits per heavy atom. The molecule has 13 nitrogen and oxygen atoms in total. The van der Waals surface area contributed by atoms with E-state index in [2.05, 4.69) is 30.7 Å². The summed E-state index contributed by atoms with van der Waals surface area (Å²) in [5, 5.41) is 30.5. The number of hydrogen-bond acceptors (Lipinski definition) is 8. The van der Waals surface area contributed by atoms with Gasteiger partial charge in [-0.3, -0.25) is 4.79 Å². The number of aliphatic carboxylic acids is 4. The molecule has 3 rings (SSSR count). The highest BCUT2D eigenvalue weighted by atomic mass is 16.5. The van der Waals surface area contributed by atoms with Gasteiger partial charge in [-0.05, 0) is 87.7 Å². The molecular weight excluding hydrogens is 610 g/mol. The van der Waals surface area contributed by atoms with Gasteiger partial charge in [-0.1, -0.05) is 40.0 Å². The van der Waals surface area contributed by atoms with Crippen LogP contribution in [-0.4, -0.2) is 86.2 Å². The van der Waals surface area contributed by atoms with Crippen molar-refractivity contribution in [3.05, 3.63) is 59.3 Å². The van der Waals surface area contributed by atoms with Crippen molar-refractivity contribution in [3.63, 3.8) is 0 Å². The van der Waals surface area contributed by atoms with Gasteiger partial charge in [0.05, 0.1) is 12.2 Å². The summed E-state index contributed by atoms with van der Waals surface area (Å²) in [5.74, 6) is -6.46. The number of H-pyrrole nitrogens is 1. The van der Waals surface area contributed by atoms with E-state index < -0.39 is 23.9 Å². The molecule has 0 amide bonds. The maximum Gasteiger partial charge on any atom is 0.414 e. The number of carbonyl (C=O) groups excluding carboxylic acids is 1. The standard InChI is InChI=1S/C30H43N3O2.2C2H2O4/c1-4-7-11-28-29(26-22-24(31)14-17-27(26)32-28)30(34)23-12-15-25(16-13-23)35-21-10-20-33(18-8-5-2)19-9-6-3;2*3-1(4)2(5)6/h12-17,22,32H,4-11,18-21,31H2,1-3H3;2*(H,3,4)(H,5,6). The van der Waals surface area contributed by atoms with Crippen LogP contribution in [-0.2, 0) is 25.6 Å². The SMILES string of the molecule is CCCCc1[nH]c2ccc(N)cc2c1C(=O)c1ccc(OCCCN(CCCC)CCCC)cc1.O=C(O)C(=O)O.O=C(O)C(=O)O. The van der Waals surface area contributed by atoms with E-state index in [9.17, 15) is 4.79 Å². The second-order valence-electron chi connectivity index (χ2n) is 10.7. The van der Waals surface area contributed by atoms with Crippen LogP contribution < -0.4 is 10.5 Å². The highest BCUT2D eigenvalue weighted by Crippen LogP contribution is 2.28. The van der Waals surface area contributed by atoms with E-state index in [1.807, 2.05) is 42.5 Å². The van der Waals surface area contributed by atoms with Crippen LogP contribution in [0.3, 0.4) is 0 Å². The Morgan fingerprint density at radius 2 is 1.23 bits per heavy atom. The fourth-order valence-electron chi connectivity index (χ4n) is 4.49. The molecule has 0 unspecified atom stereocenters. The van der Waals surface area contributed by atoms with Crippen molar-refractivity contribution in [1.29, 1.82) is 0 Å². The molecule has 0 atom stereocenters. The predicted molar refractivity (Wildman–Crippen MR) is 178 cm³/mol. The quantitative estimate of drug-likeness (QED) is 0.0500. The van der Waals surface area contributed by atoms with Gasteiger partial charge in [-0.25, -0.2) is 19.2 Å². The number of benzene rings is 2. The first-order chi connectivity index (χ1) is 22.4. The first kappa shape index (κ1) is 40.1. The zero-order valence-corrected chi connectivity index (χ0v) is 27.3. The number of ether oxygens (including phenoxy) is 1. The fraction of sp³-hybridized carbons (Fsp3) is 0.441. The number of carboxylic acids is 4. The predicted octanol–water partition coefficient (Wildman–Crippen LogP) is 5.31. The Morgan fingerprint density at radius 1 is 0.723 bits per heavy atom. The summed E-state index contributed by atoms with van der Waals surface area (Å²) in [4.78, 5) is 55.9. The number of aromatic amines is 1. The number of aromatic nitrogens is 1. The molecule has 0 aliphatic rings. The zero-order valence-electron chi connectivity index (χ0n) is 27.3. The lowest BCUT2D eigenvalue weighted by Gasteiger charge is -2.21. The maximum absolute atomic E-state index is 13.5. The van der Waals surface area contributed by atoms with Gasteiger partial charge in [-0.2, -0.15) is 0 Å². The molecular formula is C34H47N3O10. The smallest absolute Gasteiger partial charge is 0.414 e. The van der Waals surface area contributed by atoms with Gasteiger partial charge in [0, 0.05) is 34.4 Å². The summed E-state index contributed by atoms with van der Waals surface area (Å²) >= 11 is 0. The van der Waals surface area contributed by atoms with Crippen molar-refractivity contribution in [1.82, 2.24) is 9.88 Å². The second-order valence-corrected chi connectivity index (χ2v) is 10.7. The van der Waals surface area contributed by atoms with Crippen LogP contribution in [0.4, 0.5) is 5.69 Å². The number of anilines is 1. The molecule has 1 aromatic heterocycles. The summed E-state index contributed by atoms with van der Waals surface area (Å²) in [6, 6.07) is 13.3. The van der Waals surface area contributed by atoms with E-state index in [4.69, 9.17) is 50.1 Å². The van der Waals surface area contributed by atoms with Crippen molar-refractivity contribution >= 4 is 46.3 Å². The number of unbranched alkanes of at least 4 members (excludes halogenated alkanes) is 3. The van der Waals surface area contributed by atoms with Crippen LogP contribution in [0.15, 0.2) is 42.5 Å². The number of hydrogen-bond donors (Lipinski definition) is 6. The number of rotatable bonds is 16. The van der Waals surface area contributed by atoms with Gasteiger partial charge in [0.2, 0.25) is 0 Å². The molecule has 0 aliphatic heterocycles. The topological polar surface area (TPSA) is 221 Å². The van der Waals surface area contributed by atoms with Gasteiger partial charge in [0.25, 0.3) is 0 Å². The Bertz CT molecular complexity index is 1390. The number of carbonyl (C=O) groups is 5. The van der Waals surface area contributed by atoms with E-state index in [-0.39, 0.29) is 5.78 Å². The molecule has 258 valence electrons. The van der Waals surface area contributed by atoms with Crippen LogP contribution >= 0.6 is 0 Å². The van der Waals surface area contributed by atoms with Crippen LogP contribution in [0.5, 0.6) is 5.75 Å². The third kappa shape index (κ3) is 14.8. The Labute approximate surface area is 274 Å². The van der Waals surface area contributed by atoms with E-state index in [1.54, 1.807) is 0 Å². The number of nitrogen functional groups attached to an aromatic ring is 1. The molecule has 0 fully saturated rings. The highest BCUT2D eigenvalue weighted by Gasteiger charge is 2.20. The van der Waals surface area contributed by atoms with Crippen LogP contribution in [0.25, 0.3) is 10.9 Å². The molecule has 47 heavy (non-hydrogen) atoms. The molecule has 0 aliphatic carbocycles. The van der Waals surface area contributed by atoms with Crippen molar-refractivity contribution in [2.75, 3.05) is 32.0 Å². The maximum atomic E-state index is 13.5. The summed E-state index contributed by atoms with van der Waals surface area (Å²) < 4.78 is 5.99. The molecule has 2 aromatic carbocycles. The number of nitrogens with one attached hydrogen (secondary N) is 1. The second kappa shape index (κ2) is 21.8. The molecule has 0 spiro atoms. The van der Waals surface area contributed by atoms with E-state index >= 15 is 0 Å². The minimum Gasteiger partial charge on any atom is -0.494 e. The summed E-state index contributed by atoms with van der Waals surface area (Å²) in [7, 11) is 0. The largest absolute Gasteiger partial charge is 0.494 e. The highest BCUT2D eigenvalue weighted by molar-refractivity contribution is 6.27. The zero-order chi connectivity index (χ0) is 35.4. The third-order valence-corrected chi connectivity index (χ3v) is 6.93. The molecule has 1 heterocycles. The molecule has 0 saturated heterocycles. The Balaban J connectivity index is 0.000000782. The lowest BCUT2D eigenvalue weighted by molar-refractivity contribution is -0.159. The number of carboxylic acid groups (broad SMARTS) is 4. The van der Waals surface area contributed by atoms with E-state index in [0.717, 1.165) is 60.1 Å². The monoisotopic (exact) mass is 657 g/mol. The van der Waals surface area contributed by atoms with Crippen molar-refractivity contribution < 1.29 is 49.1 Å². The molecule has 13 heteroatoms. The lowest BCUT2D eigenvalue weighted by atomic mass is 9.98. The van der Waals surface area contributed by atoms with Gasteiger partial charge >= 0.3 is 23.9 Å². The average molecular weight is 658 g/mol. The first-order valence-corrected chi connectivity index (χ1v) is 15.7. The Kier molecular flexibility index (Phi) is 18.6. The fourth-order valence-corrected chi connectivity index (χ4v) is 4.49. The summed E-state index contributed by atoms with van der Waals surface area (Å²) in [6.07, 6.45) is 8.93. The van der Waals surface area contributed by atoms with E-state index in [1.165, 1.54) is 38.8 Å². The molecule has 7 N–H and O–H groups in total. The van der Waals surface area contributed by atoms with E-state index in [0.29, 0.717) is 17.9 Å².